The van der Waals surface area contributed by atoms with Crippen LogP contribution in [-0.2, 0) is 11.2 Å². The zero-order chi connectivity index (χ0) is 18.7. The lowest BCUT2D eigenvalue weighted by Crippen LogP contribution is -2.01. The van der Waals surface area contributed by atoms with Crippen LogP contribution in [0.25, 0.3) is 10.4 Å². The Bertz CT molecular complexity index is 943. The highest BCUT2D eigenvalue weighted by Crippen LogP contribution is 2.35. The van der Waals surface area contributed by atoms with Gasteiger partial charge in [0.25, 0.3) is 0 Å². The summed E-state index contributed by atoms with van der Waals surface area (Å²) in [5.74, 6) is -0.967. The number of rotatable bonds is 6. The van der Waals surface area contributed by atoms with Crippen LogP contribution in [-0.4, -0.2) is 24.0 Å². The first-order chi connectivity index (χ1) is 12.5. The largest absolute Gasteiger partial charge is 0.497 e. The molecule has 0 spiro atoms. The molecule has 3 rings (SSSR count). The Morgan fingerprint density at radius 3 is 2.31 bits per heavy atom. The molecule has 0 saturated carbocycles. The van der Waals surface area contributed by atoms with Gasteiger partial charge >= 0.3 is 5.97 Å². The van der Waals surface area contributed by atoms with Gasteiger partial charge in [-0.05, 0) is 65.7 Å². The average molecular weight is 370 g/mol. The molecule has 132 valence electrons. The van der Waals surface area contributed by atoms with Gasteiger partial charge in [-0.15, -0.1) is 11.3 Å². The van der Waals surface area contributed by atoms with Crippen LogP contribution in [0.1, 0.15) is 20.8 Å². The number of thiophene rings is 1. The van der Waals surface area contributed by atoms with Gasteiger partial charge in [-0.3, -0.25) is 9.59 Å². The first-order valence-electron chi connectivity index (χ1n) is 7.77. The summed E-state index contributed by atoms with van der Waals surface area (Å²) in [6, 6.07) is 14.1. The lowest BCUT2D eigenvalue weighted by atomic mass is 10.0. The second-order valence-electron chi connectivity index (χ2n) is 5.60. The lowest BCUT2D eigenvalue weighted by Gasteiger charge is -2.04. The van der Waals surface area contributed by atoms with E-state index < -0.39 is 11.8 Å². The molecule has 0 amide bonds. The van der Waals surface area contributed by atoms with E-state index in [1.165, 1.54) is 35.6 Å². The van der Waals surface area contributed by atoms with E-state index in [9.17, 15) is 19.1 Å². The molecule has 4 nitrogen and oxygen atoms in total. The number of benzene rings is 2. The number of carbonyl (C=O) groups is 2. The van der Waals surface area contributed by atoms with Crippen LogP contribution >= 0.6 is 11.3 Å². The maximum absolute atomic E-state index is 13.1. The van der Waals surface area contributed by atoms with Crippen LogP contribution in [0, 0.1) is 5.82 Å². The topological polar surface area (TPSA) is 63.6 Å². The molecule has 1 heterocycles. The van der Waals surface area contributed by atoms with Gasteiger partial charge in [0.05, 0.1) is 18.4 Å². The molecule has 0 saturated heterocycles. The van der Waals surface area contributed by atoms with E-state index in [1.807, 2.05) is 12.1 Å². The van der Waals surface area contributed by atoms with Crippen molar-refractivity contribution in [2.75, 3.05) is 7.11 Å². The Morgan fingerprint density at radius 2 is 1.73 bits per heavy atom. The van der Waals surface area contributed by atoms with Gasteiger partial charge in [-0.1, -0.05) is 0 Å². The van der Waals surface area contributed by atoms with Crippen LogP contribution in [0.15, 0.2) is 54.6 Å². The van der Waals surface area contributed by atoms with E-state index >= 15 is 0 Å². The van der Waals surface area contributed by atoms with Crippen molar-refractivity contribution in [1.82, 2.24) is 0 Å². The predicted molar refractivity (Wildman–Crippen MR) is 97.5 cm³/mol. The fourth-order valence-corrected chi connectivity index (χ4v) is 3.71. The summed E-state index contributed by atoms with van der Waals surface area (Å²) in [5, 5.41) is 9.17. The molecule has 0 bridgehead atoms. The van der Waals surface area contributed by atoms with Crippen molar-refractivity contribution in [2.45, 2.75) is 6.42 Å². The third-order valence-corrected chi connectivity index (χ3v) is 5.06. The summed E-state index contributed by atoms with van der Waals surface area (Å²) in [7, 11) is 1.56. The van der Waals surface area contributed by atoms with Gasteiger partial charge < -0.3 is 9.84 Å². The van der Waals surface area contributed by atoms with Crippen molar-refractivity contribution in [2.24, 2.45) is 0 Å². The van der Waals surface area contributed by atoms with E-state index in [4.69, 9.17) is 4.74 Å². The Labute approximate surface area is 153 Å². The number of methoxy groups -OCH3 is 1. The minimum absolute atomic E-state index is 0.186. The van der Waals surface area contributed by atoms with E-state index in [2.05, 4.69) is 0 Å². The Morgan fingerprint density at radius 1 is 1.08 bits per heavy atom. The van der Waals surface area contributed by atoms with Crippen LogP contribution in [0.2, 0.25) is 0 Å². The number of hydrogen-bond donors (Lipinski definition) is 1. The van der Waals surface area contributed by atoms with E-state index in [1.54, 1.807) is 25.3 Å². The normalized spacial score (nSPS) is 10.5. The molecule has 0 unspecified atom stereocenters. The van der Waals surface area contributed by atoms with Crippen molar-refractivity contribution in [1.29, 1.82) is 0 Å². The monoisotopic (exact) mass is 370 g/mol. The van der Waals surface area contributed by atoms with Crippen LogP contribution in [0.4, 0.5) is 4.39 Å². The highest BCUT2D eigenvalue weighted by Gasteiger charge is 2.19. The zero-order valence-corrected chi connectivity index (χ0v) is 14.7. The molecule has 3 aromatic rings. The first kappa shape index (κ1) is 17.8. The van der Waals surface area contributed by atoms with Crippen molar-refractivity contribution < 1.29 is 23.8 Å². The summed E-state index contributed by atoms with van der Waals surface area (Å²) in [5.41, 5.74) is 1.74. The quantitative estimate of drug-likeness (QED) is 0.653. The Hall–Kier alpha value is -2.99. The Balaban J connectivity index is 2.01. The average Bonchev–Trinajstić information content (AvgIpc) is 3.05. The lowest BCUT2D eigenvalue weighted by molar-refractivity contribution is -0.136. The van der Waals surface area contributed by atoms with Gasteiger partial charge in [0.2, 0.25) is 5.78 Å². The molecular formula is C20H15FO4S. The summed E-state index contributed by atoms with van der Waals surface area (Å²) >= 11 is 1.23. The van der Waals surface area contributed by atoms with Gasteiger partial charge in [-0.2, -0.15) is 0 Å². The number of ketones is 1. The minimum atomic E-state index is -0.974. The molecule has 0 aliphatic heterocycles. The second-order valence-corrected chi connectivity index (χ2v) is 6.65. The summed E-state index contributed by atoms with van der Waals surface area (Å²) in [6.45, 7) is 0. The molecule has 0 aliphatic rings. The molecule has 6 heteroatoms. The number of hydrogen-bond acceptors (Lipinski definition) is 4. The molecule has 0 radical (unpaired) electrons. The van der Waals surface area contributed by atoms with Crippen molar-refractivity contribution in [3.05, 3.63) is 76.4 Å². The number of halogens is 1. The molecule has 2 aromatic carbocycles. The molecule has 0 aliphatic carbocycles. The molecule has 1 N–H and O–H groups in total. The number of aliphatic carboxylic acids is 1. The van der Waals surface area contributed by atoms with E-state index in [0.29, 0.717) is 21.8 Å². The standard InChI is InChI=1S/C20H15FO4S/c1-25-16-8-4-13(5-9-16)20-14(11-18(22)23)10-17(26-20)19(24)12-2-6-15(21)7-3-12/h2-10H,11H2,1H3,(H,22,23). The summed E-state index contributed by atoms with van der Waals surface area (Å²) < 4.78 is 18.2. The smallest absolute Gasteiger partial charge is 0.307 e. The van der Waals surface area contributed by atoms with E-state index in [-0.39, 0.29) is 12.2 Å². The predicted octanol–water partition coefficient (Wildman–Crippen LogP) is 4.42. The van der Waals surface area contributed by atoms with Gasteiger partial charge in [0, 0.05) is 10.4 Å². The fourth-order valence-electron chi connectivity index (χ4n) is 2.57. The second kappa shape index (κ2) is 7.49. The number of carbonyl (C=O) groups excluding carboxylic acids is 1. The third-order valence-electron chi connectivity index (χ3n) is 3.83. The SMILES string of the molecule is COc1ccc(-c2sc(C(=O)c3ccc(F)cc3)cc2CC(=O)O)cc1. The van der Waals surface area contributed by atoms with Crippen molar-refractivity contribution in [3.8, 4) is 16.2 Å². The van der Waals surface area contributed by atoms with Crippen LogP contribution in [0.3, 0.4) is 0 Å². The fraction of sp³-hybridized carbons (Fsp3) is 0.100. The molecule has 0 fully saturated rings. The maximum atomic E-state index is 13.1. The van der Waals surface area contributed by atoms with Crippen molar-refractivity contribution >= 4 is 23.1 Å². The molecule has 0 atom stereocenters. The summed E-state index contributed by atoms with van der Waals surface area (Å²) in [4.78, 5) is 25.0. The molecule has 26 heavy (non-hydrogen) atoms. The van der Waals surface area contributed by atoms with Crippen LogP contribution in [0.5, 0.6) is 5.75 Å². The third kappa shape index (κ3) is 3.81. The molecular weight excluding hydrogens is 355 g/mol. The first-order valence-corrected chi connectivity index (χ1v) is 8.59. The Kier molecular flexibility index (Phi) is 5.14. The van der Waals surface area contributed by atoms with E-state index in [0.717, 1.165) is 10.4 Å². The van der Waals surface area contributed by atoms with Gasteiger partial charge in [0.1, 0.15) is 11.6 Å². The zero-order valence-electron chi connectivity index (χ0n) is 13.9. The summed E-state index contributed by atoms with van der Waals surface area (Å²) in [6.07, 6.45) is -0.186. The number of carboxylic acids is 1. The van der Waals surface area contributed by atoms with Gasteiger partial charge in [-0.25, -0.2) is 4.39 Å². The number of carboxylic acid groups (broad SMARTS) is 1. The molecule has 1 aromatic heterocycles. The van der Waals surface area contributed by atoms with Crippen LogP contribution < -0.4 is 4.74 Å². The highest BCUT2D eigenvalue weighted by molar-refractivity contribution is 7.17. The maximum Gasteiger partial charge on any atom is 0.307 e. The minimum Gasteiger partial charge on any atom is -0.497 e. The van der Waals surface area contributed by atoms with Crippen molar-refractivity contribution in [3.63, 3.8) is 0 Å². The number of ether oxygens (including phenoxy) is 1. The highest BCUT2D eigenvalue weighted by atomic mass is 32.1. The van der Waals surface area contributed by atoms with Gasteiger partial charge in [0.15, 0.2) is 0 Å².